The van der Waals surface area contributed by atoms with Crippen LogP contribution in [0.1, 0.15) is 28.7 Å². The Hall–Kier alpha value is -2.74. The molecule has 3 aromatic rings. The van der Waals surface area contributed by atoms with Crippen LogP contribution in [0.4, 0.5) is 0 Å². The maximum atomic E-state index is 12.7. The quantitative estimate of drug-likeness (QED) is 0.705. The summed E-state index contributed by atoms with van der Waals surface area (Å²) in [6.45, 7) is 9.04. The Kier molecular flexibility index (Phi) is 4.42. The van der Waals surface area contributed by atoms with Gasteiger partial charge in [-0.05, 0) is 19.9 Å². The third-order valence-corrected chi connectivity index (χ3v) is 4.88. The SMILES string of the molecule is CCn1cc(CN2CCN(C(=O)c3cc4ncccn4n3)CC2)c(C)n1. The van der Waals surface area contributed by atoms with Crippen molar-refractivity contribution in [3.63, 3.8) is 0 Å². The standard InChI is InChI=1S/C18H23N7O/c1-3-24-13-15(14(2)20-24)12-22-7-9-23(10-8-22)18(26)16-11-17-19-5-4-6-25(17)21-16/h4-6,11,13H,3,7-10,12H2,1-2H3. The number of aryl methyl sites for hydroxylation is 2. The van der Waals surface area contributed by atoms with Crippen molar-refractivity contribution < 1.29 is 4.79 Å². The van der Waals surface area contributed by atoms with Gasteiger partial charge < -0.3 is 4.90 Å². The van der Waals surface area contributed by atoms with Crippen LogP contribution in [-0.4, -0.2) is 66.3 Å². The largest absolute Gasteiger partial charge is 0.335 e. The Morgan fingerprint density at radius 2 is 2.00 bits per heavy atom. The second kappa shape index (κ2) is 6.87. The molecule has 136 valence electrons. The number of hydrogen-bond acceptors (Lipinski definition) is 5. The molecule has 0 unspecified atom stereocenters. The van der Waals surface area contributed by atoms with Gasteiger partial charge in [-0.3, -0.25) is 14.4 Å². The van der Waals surface area contributed by atoms with Crippen molar-refractivity contribution in [1.29, 1.82) is 0 Å². The Morgan fingerprint density at radius 1 is 1.19 bits per heavy atom. The summed E-state index contributed by atoms with van der Waals surface area (Å²) in [6.07, 6.45) is 5.62. The fraction of sp³-hybridized carbons (Fsp3) is 0.444. The third kappa shape index (κ3) is 3.20. The van der Waals surface area contributed by atoms with Gasteiger partial charge in [-0.2, -0.15) is 10.2 Å². The molecule has 8 heteroatoms. The van der Waals surface area contributed by atoms with Gasteiger partial charge >= 0.3 is 0 Å². The lowest BCUT2D eigenvalue weighted by atomic mass is 10.2. The van der Waals surface area contributed by atoms with Gasteiger partial charge in [0.15, 0.2) is 11.3 Å². The zero-order chi connectivity index (χ0) is 18.1. The zero-order valence-electron chi connectivity index (χ0n) is 15.2. The van der Waals surface area contributed by atoms with E-state index in [0.717, 1.165) is 31.9 Å². The molecule has 0 aliphatic carbocycles. The zero-order valence-corrected chi connectivity index (χ0v) is 15.2. The van der Waals surface area contributed by atoms with E-state index in [-0.39, 0.29) is 5.91 Å². The topological polar surface area (TPSA) is 71.6 Å². The molecule has 4 rings (SSSR count). The van der Waals surface area contributed by atoms with Crippen LogP contribution in [0.15, 0.2) is 30.7 Å². The first-order valence-electron chi connectivity index (χ1n) is 8.99. The van der Waals surface area contributed by atoms with Crippen LogP contribution in [0, 0.1) is 6.92 Å². The summed E-state index contributed by atoms with van der Waals surface area (Å²) in [7, 11) is 0. The molecule has 0 spiro atoms. The highest BCUT2D eigenvalue weighted by Crippen LogP contribution is 2.14. The second-order valence-electron chi connectivity index (χ2n) is 6.62. The molecule has 1 saturated heterocycles. The number of nitrogens with zero attached hydrogens (tertiary/aromatic N) is 7. The van der Waals surface area contributed by atoms with E-state index in [1.807, 2.05) is 9.58 Å². The van der Waals surface area contributed by atoms with E-state index in [0.29, 0.717) is 24.4 Å². The number of aromatic nitrogens is 5. The summed E-state index contributed by atoms with van der Waals surface area (Å²) >= 11 is 0. The molecule has 1 fully saturated rings. The average Bonchev–Trinajstić information content (AvgIpc) is 3.25. The van der Waals surface area contributed by atoms with Gasteiger partial charge in [-0.1, -0.05) is 0 Å². The lowest BCUT2D eigenvalue weighted by Gasteiger charge is -2.34. The van der Waals surface area contributed by atoms with Gasteiger partial charge in [0.25, 0.3) is 5.91 Å². The smallest absolute Gasteiger partial charge is 0.274 e. The van der Waals surface area contributed by atoms with Crippen LogP contribution in [0.5, 0.6) is 0 Å². The second-order valence-corrected chi connectivity index (χ2v) is 6.62. The highest BCUT2D eigenvalue weighted by Gasteiger charge is 2.24. The van der Waals surface area contributed by atoms with Gasteiger partial charge in [0.2, 0.25) is 0 Å². The predicted molar refractivity (Wildman–Crippen MR) is 96.8 cm³/mol. The molecule has 0 radical (unpaired) electrons. The van der Waals surface area contributed by atoms with Crippen LogP contribution < -0.4 is 0 Å². The summed E-state index contributed by atoms with van der Waals surface area (Å²) in [5.74, 6) is -0.0230. The molecule has 0 atom stereocenters. The molecule has 0 N–H and O–H groups in total. The van der Waals surface area contributed by atoms with Crippen LogP contribution in [-0.2, 0) is 13.1 Å². The Labute approximate surface area is 152 Å². The minimum absolute atomic E-state index is 0.0230. The summed E-state index contributed by atoms with van der Waals surface area (Å²) in [5, 5.41) is 8.84. The van der Waals surface area contributed by atoms with Crippen molar-refractivity contribution in [2.45, 2.75) is 26.9 Å². The van der Waals surface area contributed by atoms with Gasteiger partial charge in [0, 0.05) is 69.5 Å². The number of hydrogen-bond donors (Lipinski definition) is 0. The molecule has 1 amide bonds. The van der Waals surface area contributed by atoms with Crippen LogP contribution >= 0.6 is 0 Å². The minimum atomic E-state index is -0.0230. The normalized spacial score (nSPS) is 15.7. The number of piperazine rings is 1. The number of amides is 1. The molecule has 1 aliphatic heterocycles. The highest BCUT2D eigenvalue weighted by molar-refractivity contribution is 5.93. The summed E-state index contributed by atoms with van der Waals surface area (Å²) in [5.41, 5.74) is 3.50. The van der Waals surface area contributed by atoms with Gasteiger partial charge in [-0.25, -0.2) is 9.50 Å². The first-order chi connectivity index (χ1) is 12.6. The molecule has 26 heavy (non-hydrogen) atoms. The molecule has 0 saturated carbocycles. The molecule has 4 heterocycles. The maximum absolute atomic E-state index is 12.7. The number of carbonyl (C=O) groups is 1. The fourth-order valence-electron chi connectivity index (χ4n) is 3.32. The summed E-state index contributed by atoms with van der Waals surface area (Å²) < 4.78 is 3.61. The van der Waals surface area contributed by atoms with E-state index in [9.17, 15) is 4.79 Å². The van der Waals surface area contributed by atoms with E-state index >= 15 is 0 Å². The summed E-state index contributed by atoms with van der Waals surface area (Å²) in [4.78, 5) is 21.2. The summed E-state index contributed by atoms with van der Waals surface area (Å²) in [6, 6.07) is 3.55. The Bertz CT molecular complexity index is 888. The van der Waals surface area contributed by atoms with Gasteiger partial charge in [0.05, 0.1) is 5.69 Å². The lowest BCUT2D eigenvalue weighted by Crippen LogP contribution is -2.48. The molecule has 1 aliphatic rings. The van der Waals surface area contributed by atoms with Gasteiger partial charge in [0.1, 0.15) is 0 Å². The molecular formula is C18H23N7O. The molecular weight excluding hydrogens is 330 g/mol. The van der Waals surface area contributed by atoms with Crippen LogP contribution in [0.25, 0.3) is 5.65 Å². The Balaban J connectivity index is 1.38. The van der Waals surface area contributed by atoms with Crippen LogP contribution in [0.3, 0.4) is 0 Å². The van der Waals surface area contributed by atoms with E-state index < -0.39 is 0 Å². The van der Waals surface area contributed by atoms with E-state index in [1.165, 1.54) is 5.56 Å². The van der Waals surface area contributed by atoms with Crippen molar-refractivity contribution >= 4 is 11.6 Å². The van der Waals surface area contributed by atoms with Crippen molar-refractivity contribution in [3.05, 3.63) is 47.7 Å². The molecule has 0 aromatic carbocycles. The first kappa shape index (κ1) is 16.7. The predicted octanol–water partition coefficient (Wildman–Crippen LogP) is 1.21. The fourth-order valence-corrected chi connectivity index (χ4v) is 3.32. The maximum Gasteiger partial charge on any atom is 0.274 e. The van der Waals surface area contributed by atoms with Crippen LogP contribution in [0.2, 0.25) is 0 Å². The van der Waals surface area contributed by atoms with Crippen molar-refractivity contribution in [1.82, 2.24) is 34.2 Å². The van der Waals surface area contributed by atoms with E-state index in [2.05, 4.69) is 40.1 Å². The average molecular weight is 353 g/mol. The lowest BCUT2D eigenvalue weighted by molar-refractivity contribution is 0.0622. The third-order valence-electron chi connectivity index (χ3n) is 4.88. The van der Waals surface area contributed by atoms with E-state index in [4.69, 9.17) is 0 Å². The number of rotatable bonds is 4. The van der Waals surface area contributed by atoms with E-state index in [1.54, 1.807) is 29.0 Å². The highest BCUT2D eigenvalue weighted by atomic mass is 16.2. The van der Waals surface area contributed by atoms with Crippen molar-refractivity contribution in [3.8, 4) is 0 Å². The van der Waals surface area contributed by atoms with Gasteiger partial charge in [-0.15, -0.1) is 0 Å². The minimum Gasteiger partial charge on any atom is -0.335 e. The number of carbonyl (C=O) groups excluding carboxylic acids is 1. The molecule has 0 bridgehead atoms. The van der Waals surface area contributed by atoms with Crippen molar-refractivity contribution in [2.75, 3.05) is 26.2 Å². The monoisotopic (exact) mass is 353 g/mol. The molecule has 3 aromatic heterocycles. The first-order valence-corrected chi connectivity index (χ1v) is 8.99. The molecule has 8 nitrogen and oxygen atoms in total. The van der Waals surface area contributed by atoms with Crippen molar-refractivity contribution in [2.24, 2.45) is 0 Å². The number of fused-ring (bicyclic) bond motifs is 1. The Morgan fingerprint density at radius 3 is 2.69 bits per heavy atom.